The zero-order chi connectivity index (χ0) is 42.3. The molecule has 0 aliphatic rings. The molecule has 0 atom stereocenters. The average molecular weight is 830 g/mol. The summed E-state index contributed by atoms with van der Waals surface area (Å²) >= 11 is 0. The van der Waals surface area contributed by atoms with Gasteiger partial charge in [-0.15, -0.1) is 0 Å². The van der Waals surface area contributed by atoms with Gasteiger partial charge in [-0.1, -0.05) is 103 Å². The fourth-order valence-corrected chi connectivity index (χ4v) is 11.0. The van der Waals surface area contributed by atoms with Crippen LogP contribution >= 0.6 is 0 Å². The Morgan fingerprint density at radius 3 is 1.42 bits per heavy atom. The summed E-state index contributed by atoms with van der Waals surface area (Å²) in [6.07, 6.45) is 0. The molecule has 0 amide bonds. The highest BCUT2D eigenvalue weighted by molar-refractivity contribution is 6.29. The minimum absolute atomic E-state index is 0.875. The lowest BCUT2D eigenvalue weighted by Crippen LogP contribution is -1.93. The van der Waals surface area contributed by atoms with Gasteiger partial charge in [0.25, 0.3) is 0 Å². The lowest BCUT2D eigenvalue weighted by Gasteiger charge is -2.09. The van der Waals surface area contributed by atoms with Gasteiger partial charge >= 0.3 is 0 Å². The largest absolute Gasteiger partial charge is 0.456 e. The Bertz CT molecular complexity index is 4460. The van der Waals surface area contributed by atoms with Gasteiger partial charge in [0.2, 0.25) is 0 Å². The Morgan fingerprint density at radius 2 is 0.723 bits per heavy atom. The molecule has 5 aromatic heterocycles. The lowest BCUT2D eigenvalue weighted by atomic mass is 10.00. The van der Waals surface area contributed by atoms with Crippen molar-refractivity contribution in [1.29, 1.82) is 0 Å². The highest BCUT2D eigenvalue weighted by Gasteiger charge is 2.24. The second kappa shape index (κ2) is 12.9. The molecule has 5 heteroatoms. The molecule has 0 spiro atoms. The summed E-state index contributed by atoms with van der Waals surface area (Å²) in [4.78, 5) is 0. The summed E-state index contributed by atoms with van der Waals surface area (Å²) in [6.45, 7) is 0. The van der Waals surface area contributed by atoms with Gasteiger partial charge in [-0.25, -0.2) is 0 Å². The first-order valence-corrected chi connectivity index (χ1v) is 22.2. The fourth-order valence-electron chi connectivity index (χ4n) is 11.0. The third kappa shape index (κ3) is 4.76. The quantitative estimate of drug-likeness (QED) is 0.177. The van der Waals surface area contributed by atoms with Crippen molar-refractivity contribution in [3.63, 3.8) is 0 Å². The van der Waals surface area contributed by atoms with Crippen LogP contribution in [-0.2, 0) is 0 Å². The van der Waals surface area contributed by atoms with E-state index in [-0.39, 0.29) is 0 Å². The highest BCUT2D eigenvalue weighted by Crippen LogP contribution is 2.46. The second-order valence-electron chi connectivity index (χ2n) is 17.2. The van der Waals surface area contributed by atoms with Crippen molar-refractivity contribution in [2.24, 2.45) is 0 Å². The Hall–Kier alpha value is -8.80. The van der Waals surface area contributed by atoms with Gasteiger partial charge in [0, 0.05) is 60.2 Å². The van der Waals surface area contributed by atoms with E-state index in [2.05, 4.69) is 214 Å². The Morgan fingerprint density at radius 1 is 0.246 bits per heavy atom. The van der Waals surface area contributed by atoms with Crippen molar-refractivity contribution in [3.05, 3.63) is 212 Å². The van der Waals surface area contributed by atoms with Gasteiger partial charge in [0.05, 0.1) is 43.9 Å². The number of furan rings is 2. The third-order valence-electron chi connectivity index (χ3n) is 13.8. The number of nitrogens with zero attached hydrogens (tertiary/aromatic N) is 3. The number of hydrogen-bond acceptors (Lipinski definition) is 2. The van der Waals surface area contributed by atoms with Crippen LogP contribution < -0.4 is 0 Å². The van der Waals surface area contributed by atoms with E-state index >= 15 is 0 Å². The molecule has 15 rings (SSSR count). The van der Waals surface area contributed by atoms with Crippen LogP contribution in [0.25, 0.3) is 137 Å². The molecule has 5 nitrogen and oxygen atoms in total. The molecule has 0 aliphatic carbocycles. The van der Waals surface area contributed by atoms with Gasteiger partial charge < -0.3 is 22.5 Å². The molecular formula is C60H35N3O2. The molecule has 0 fully saturated rings. The van der Waals surface area contributed by atoms with Crippen molar-refractivity contribution in [1.82, 2.24) is 13.7 Å². The van der Waals surface area contributed by atoms with Crippen molar-refractivity contribution < 1.29 is 8.83 Å². The van der Waals surface area contributed by atoms with Gasteiger partial charge in [-0.05, 0) is 120 Å². The molecule has 65 heavy (non-hydrogen) atoms. The number of rotatable bonds is 4. The number of hydrogen-bond donors (Lipinski definition) is 0. The van der Waals surface area contributed by atoms with Gasteiger partial charge in [-0.3, -0.25) is 0 Å². The molecule has 302 valence electrons. The van der Waals surface area contributed by atoms with Gasteiger partial charge in [0.1, 0.15) is 22.3 Å². The zero-order valence-corrected chi connectivity index (χ0v) is 34.9. The first kappa shape index (κ1) is 34.7. The van der Waals surface area contributed by atoms with Crippen LogP contribution in [0.15, 0.2) is 221 Å². The highest BCUT2D eigenvalue weighted by atomic mass is 16.3. The molecule has 15 aromatic rings. The summed E-state index contributed by atoms with van der Waals surface area (Å²) in [7, 11) is 0. The van der Waals surface area contributed by atoms with E-state index in [4.69, 9.17) is 8.83 Å². The van der Waals surface area contributed by atoms with Crippen LogP contribution in [0.1, 0.15) is 0 Å². The van der Waals surface area contributed by atoms with Gasteiger partial charge in [-0.2, -0.15) is 0 Å². The second-order valence-corrected chi connectivity index (χ2v) is 17.2. The number of fused-ring (bicyclic) bond motifs is 17. The van der Waals surface area contributed by atoms with Crippen LogP contribution in [0.2, 0.25) is 0 Å². The SMILES string of the molecule is c1ccc(-n2c3ccccc3c3cc(-c4ccc5c(c4)c4c6oc7c(ccc8c7c7ccccc7n8-c7ccccc7)c6ccc4n5-c4ccc5oc6ccccc6c5c4)ccc32)cc1. The van der Waals surface area contributed by atoms with Crippen LogP contribution in [-0.4, -0.2) is 13.7 Å². The van der Waals surface area contributed by atoms with E-state index in [1.807, 2.05) is 12.1 Å². The standard InChI is InChI=1S/C60H35N3O2/c1-3-13-38(14-4-1)61-49-20-10-7-17-41(49)46-33-36(23-28-51(46)61)37-24-29-52-48(34-37)58-54(63(52)40-25-32-56-47(35-40)42-18-9-12-22-55(42)64-56)31-27-44-43-26-30-53-57(59(43)65-60(44)58)45-19-8-11-21-50(45)62(53)39-15-5-2-6-16-39/h1-35H. The molecule has 10 aromatic carbocycles. The predicted molar refractivity (Wildman–Crippen MR) is 269 cm³/mol. The Labute approximate surface area is 370 Å². The van der Waals surface area contributed by atoms with E-state index in [0.717, 1.165) is 110 Å². The molecule has 5 heterocycles. The molecule has 0 aliphatic heterocycles. The summed E-state index contributed by atoms with van der Waals surface area (Å²) in [5, 5.41) is 11.4. The van der Waals surface area contributed by atoms with E-state index in [1.165, 1.54) is 27.2 Å². The number of para-hydroxylation sites is 5. The van der Waals surface area contributed by atoms with E-state index < -0.39 is 0 Å². The van der Waals surface area contributed by atoms with E-state index in [0.29, 0.717) is 0 Å². The molecule has 0 N–H and O–H groups in total. The minimum atomic E-state index is 0.875. The van der Waals surface area contributed by atoms with Gasteiger partial charge in [0.15, 0.2) is 0 Å². The predicted octanol–water partition coefficient (Wildman–Crippen LogP) is 16.4. The topological polar surface area (TPSA) is 41.1 Å². The van der Waals surface area contributed by atoms with Crippen molar-refractivity contribution in [2.75, 3.05) is 0 Å². The molecule has 0 radical (unpaired) electrons. The summed E-state index contributed by atoms with van der Waals surface area (Å²) in [5.74, 6) is 0. The van der Waals surface area contributed by atoms with Crippen molar-refractivity contribution in [3.8, 4) is 28.2 Å². The molecular weight excluding hydrogens is 795 g/mol. The summed E-state index contributed by atoms with van der Waals surface area (Å²) in [6, 6.07) is 76.4. The van der Waals surface area contributed by atoms with Crippen LogP contribution in [0, 0.1) is 0 Å². The molecule has 0 saturated heterocycles. The smallest absolute Gasteiger partial charge is 0.145 e. The molecule has 0 unspecified atom stereocenters. The first-order chi connectivity index (χ1) is 32.2. The fraction of sp³-hybridized carbons (Fsp3) is 0. The van der Waals surface area contributed by atoms with Crippen LogP contribution in [0.4, 0.5) is 0 Å². The Balaban J connectivity index is 1.02. The minimum Gasteiger partial charge on any atom is -0.456 e. The molecule has 0 saturated carbocycles. The third-order valence-corrected chi connectivity index (χ3v) is 13.8. The summed E-state index contributed by atoms with van der Waals surface area (Å²) < 4.78 is 20.8. The maximum atomic E-state index is 7.36. The lowest BCUT2D eigenvalue weighted by molar-refractivity contribution is 0.669. The zero-order valence-electron chi connectivity index (χ0n) is 34.9. The van der Waals surface area contributed by atoms with E-state index in [1.54, 1.807) is 0 Å². The van der Waals surface area contributed by atoms with Crippen LogP contribution in [0.3, 0.4) is 0 Å². The van der Waals surface area contributed by atoms with Crippen LogP contribution in [0.5, 0.6) is 0 Å². The maximum Gasteiger partial charge on any atom is 0.145 e. The number of benzene rings is 10. The maximum absolute atomic E-state index is 7.36. The molecule has 0 bridgehead atoms. The Kier molecular flexibility index (Phi) is 6.89. The monoisotopic (exact) mass is 829 g/mol. The van der Waals surface area contributed by atoms with Crippen molar-refractivity contribution in [2.45, 2.75) is 0 Å². The first-order valence-electron chi connectivity index (χ1n) is 22.2. The summed E-state index contributed by atoms with van der Waals surface area (Å²) in [5.41, 5.74) is 16.0. The van der Waals surface area contributed by atoms with E-state index in [9.17, 15) is 0 Å². The number of aromatic nitrogens is 3. The average Bonchev–Trinajstić information content (AvgIpc) is 4.17. The normalized spacial score (nSPS) is 12.3. The van der Waals surface area contributed by atoms with Crippen molar-refractivity contribution >= 4 is 109 Å².